The Bertz CT molecular complexity index is 1140. The lowest BCUT2D eigenvalue weighted by atomic mass is 9.89. The quantitative estimate of drug-likeness (QED) is 0.584. The molecule has 0 saturated carbocycles. The standard InChI is InChI=1S/C26H29N3O3/c1-3-23(25(30)27-19-14-16-20(17-15-19)32-4-2)29-26(31)22-13-9-8-12-21(22)24(28-29)18-10-6-5-7-11-18/h5-7,10-11,14-17,23H,3-4,8-9,12-13H2,1-2H3,(H,27,30). The highest BCUT2D eigenvalue weighted by Gasteiger charge is 2.27. The smallest absolute Gasteiger partial charge is 0.271 e. The largest absolute Gasteiger partial charge is 0.494 e. The zero-order valence-electron chi connectivity index (χ0n) is 18.6. The molecule has 0 aliphatic heterocycles. The van der Waals surface area contributed by atoms with Crippen molar-refractivity contribution in [2.45, 2.75) is 52.0 Å². The molecule has 0 radical (unpaired) electrons. The average Bonchev–Trinajstić information content (AvgIpc) is 2.83. The van der Waals surface area contributed by atoms with Crippen molar-refractivity contribution in [1.29, 1.82) is 0 Å². The molecule has 4 rings (SSSR count). The molecule has 6 heteroatoms. The van der Waals surface area contributed by atoms with Crippen LogP contribution in [0.15, 0.2) is 59.4 Å². The predicted molar refractivity (Wildman–Crippen MR) is 126 cm³/mol. The third kappa shape index (κ3) is 4.44. The number of hydrogen-bond acceptors (Lipinski definition) is 4. The first-order valence-corrected chi connectivity index (χ1v) is 11.4. The molecule has 0 fully saturated rings. The molecular formula is C26H29N3O3. The maximum absolute atomic E-state index is 13.4. The lowest BCUT2D eigenvalue weighted by Gasteiger charge is -2.23. The van der Waals surface area contributed by atoms with Gasteiger partial charge in [0.05, 0.1) is 12.3 Å². The van der Waals surface area contributed by atoms with Gasteiger partial charge in [0.2, 0.25) is 5.91 Å². The Labute approximate surface area is 188 Å². The van der Waals surface area contributed by atoms with Crippen molar-refractivity contribution in [2.24, 2.45) is 0 Å². The number of rotatable bonds is 7. The molecule has 1 amide bonds. The summed E-state index contributed by atoms with van der Waals surface area (Å²) in [6.07, 6.45) is 4.07. The van der Waals surface area contributed by atoms with Crippen molar-refractivity contribution in [1.82, 2.24) is 9.78 Å². The topological polar surface area (TPSA) is 73.2 Å². The number of ether oxygens (including phenoxy) is 1. The Morgan fingerprint density at radius 3 is 2.38 bits per heavy atom. The monoisotopic (exact) mass is 431 g/mol. The van der Waals surface area contributed by atoms with Crippen molar-refractivity contribution in [3.05, 3.63) is 76.1 Å². The fraction of sp³-hybridized carbons (Fsp3) is 0.346. The molecule has 1 N–H and O–H groups in total. The number of amides is 1. The van der Waals surface area contributed by atoms with Gasteiger partial charge in [0.1, 0.15) is 11.8 Å². The van der Waals surface area contributed by atoms with Crippen molar-refractivity contribution in [2.75, 3.05) is 11.9 Å². The van der Waals surface area contributed by atoms with Crippen molar-refractivity contribution >= 4 is 11.6 Å². The number of benzene rings is 2. The predicted octanol–water partition coefficient (Wildman–Crippen LogP) is 4.78. The van der Waals surface area contributed by atoms with Crippen molar-refractivity contribution < 1.29 is 9.53 Å². The van der Waals surface area contributed by atoms with Crippen LogP contribution in [0.2, 0.25) is 0 Å². The Balaban J connectivity index is 1.70. The average molecular weight is 432 g/mol. The van der Waals surface area contributed by atoms with Gasteiger partial charge in [-0.25, -0.2) is 4.68 Å². The molecular weight excluding hydrogens is 402 g/mol. The molecule has 1 atom stereocenters. The van der Waals surface area contributed by atoms with Crippen LogP contribution >= 0.6 is 0 Å². The Kier molecular flexibility index (Phi) is 6.69. The van der Waals surface area contributed by atoms with E-state index in [2.05, 4.69) is 5.32 Å². The van der Waals surface area contributed by atoms with Crippen LogP contribution in [0.4, 0.5) is 5.69 Å². The lowest BCUT2D eigenvalue weighted by Crippen LogP contribution is -2.38. The summed E-state index contributed by atoms with van der Waals surface area (Å²) in [6, 6.07) is 16.5. The number of nitrogens with zero attached hydrogens (tertiary/aromatic N) is 2. The summed E-state index contributed by atoms with van der Waals surface area (Å²) >= 11 is 0. The van der Waals surface area contributed by atoms with Gasteiger partial charge in [-0.15, -0.1) is 0 Å². The zero-order valence-corrected chi connectivity index (χ0v) is 18.6. The Morgan fingerprint density at radius 2 is 1.72 bits per heavy atom. The van der Waals surface area contributed by atoms with Crippen LogP contribution in [0.1, 0.15) is 50.3 Å². The van der Waals surface area contributed by atoms with Gasteiger partial charge in [0.25, 0.3) is 5.56 Å². The summed E-state index contributed by atoms with van der Waals surface area (Å²) in [5.74, 6) is 0.499. The van der Waals surface area contributed by atoms with E-state index >= 15 is 0 Å². The SMILES string of the molecule is CCOc1ccc(NC(=O)C(CC)n2nc(-c3ccccc3)c3c(c2=O)CCCC3)cc1. The second-order valence-corrected chi connectivity index (χ2v) is 8.00. The van der Waals surface area contributed by atoms with Gasteiger partial charge in [-0.1, -0.05) is 37.3 Å². The minimum absolute atomic E-state index is 0.145. The molecule has 2 aromatic carbocycles. The number of carbonyl (C=O) groups excluding carboxylic acids is 1. The van der Waals surface area contributed by atoms with Crippen LogP contribution in [0, 0.1) is 0 Å². The van der Waals surface area contributed by atoms with E-state index in [1.807, 2.05) is 56.3 Å². The van der Waals surface area contributed by atoms with Crippen LogP contribution < -0.4 is 15.6 Å². The molecule has 32 heavy (non-hydrogen) atoms. The number of nitrogens with one attached hydrogen (secondary N) is 1. The van der Waals surface area contributed by atoms with Gasteiger partial charge in [-0.2, -0.15) is 5.10 Å². The summed E-state index contributed by atoms with van der Waals surface area (Å²) in [6.45, 7) is 4.41. The second-order valence-electron chi connectivity index (χ2n) is 8.00. The Hall–Kier alpha value is -3.41. The highest BCUT2D eigenvalue weighted by molar-refractivity contribution is 5.93. The van der Waals surface area contributed by atoms with Crippen LogP contribution in [-0.4, -0.2) is 22.3 Å². The molecule has 1 aliphatic rings. The summed E-state index contributed by atoms with van der Waals surface area (Å²) in [5.41, 5.74) is 4.13. The van der Waals surface area contributed by atoms with Gasteiger partial charge < -0.3 is 10.1 Å². The first kappa shape index (κ1) is 21.8. The van der Waals surface area contributed by atoms with E-state index in [1.54, 1.807) is 12.1 Å². The molecule has 1 aromatic heterocycles. The number of carbonyl (C=O) groups is 1. The van der Waals surface area contributed by atoms with Crippen molar-refractivity contribution in [3.63, 3.8) is 0 Å². The van der Waals surface area contributed by atoms with E-state index in [0.717, 1.165) is 53.8 Å². The highest BCUT2D eigenvalue weighted by Crippen LogP contribution is 2.29. The van der Waals surface area contributed by atoms with Crippen LogP contribution in [0.5, 0.6) is 5.75 Å². The molecule has 1 heterocycles. The Morgan fingerprint density at radius 1 is 1.03 bits per heavy atom. The number of aromatic nitrogens is 2. The van der Waals surface area contributed by atoms with Crippen LogP contribution in [0.3, 0.4) is 0 Å². The number of fused-ring (bicyclic) bond motifs is 1. The van der Waals surface area contributed by atoms with E-state index in [4.69, 9.17) is 9.84 Å². The van der Waals surface area contributed by atoms with E-state index in [9.17, 15) is 9.59 Å². The summed E-state index contributed by atoms with van der Waals surface area (Å²) in [5, 5.41) is 7.68. The molecule has 1 aliphatic carbocycles. The zero-order chi connectivity index (χ0) is 22.5. The second kappa shape index (κ2) is 9.81. The van der Waals surface area contributed by atoms with E-state index < -0.39 is 6.04 Å². The molecule has 0 bridgehead atoms. The van der Waals surface area contributed by atoms with Gasteiger partial charge >= 0.3 is 0 Å². The molecule has 0 spiro atoms. The fourth-order valence-corrected chi connectivity index (χ4v) is 4.29. The third-order valence-corrected chi connectivity index (χ3v) is 5.89. The summed E-state index contributed by atoms with van der Waals surface area (Å²) in [4.78, 5) is 26.6. The highest BCUT2D eigenvalue weighted by atomic mass is 16.5. The third-order valence-electron chi connectivity index (χ3n) is 5.89. The first-order valence-electron chi connectivity index (χ1n) is 11.4. The van der Waals surface area contributed by atoms with E-state index in [0.29, 0.717) is 18.7 Å². The maximum Gasteiger partial charge on any atom is 0.271 e. The van der Waals surface area contributed by atoms with Gasteiger partial charge in [0.15, 0.2) is 0 Å². The lowest BCUT2D eigenvalue weighted by molar-refractivity contribution is -0.119. The molecule has 166 valence electrons. The van der Waals surface area contributed by atoms with Crippen molar-refractivity contribution in [3.8, 4) is 17.0 Å². The maximum atomic E-state index is 13.4. The van der Waals surface area contributed by atoms with Crippen LogP contribution in [-0.2, 0) is 17.6 Å². The molecule has 3 aromatic rings. The molecule has 0 saturated heterocycles. The summed E-state index contributed by atoms with van der Waals surface area (Å²) in [7, 11) is 0. The minimum Gasteiger partial charge on any atom is -0.494 e. The van der Waals surface area contributed by atoms with Gasteiger partial charge in [-0.3, -0.25) is 9.59 Å². The van der Waals surface area contributed by atoms with Gasteiger partial charge in [0, 0.05) is 16.8 Å². The normalized spacial score (nSPS) is 13.8. The molecule has 1 unspecified atom stereocenters. The first-order chi connectivity index (χ1) is 15.6. The number of hydrogen-bond donors (Lipinski definition) is 1. The van der Waals surface area contributed by atoms with E-state index in [-0.39, 0.29) is 11.5 Å². The minimum atomic E-state index is -0.691. The fourth-order valence-electron chi connectivity index (χ4n) is 4.29. The van der Waals surface area contributed by atoms with Gasteiger partial charge in [-0.05, 0) is 68.9 Å². The van der Waals surface area contributed by atoms with Crippen LogP contribution in [0.25, 0.3) is 11.3 Å². The summed E-state index contributed by atoms with van der Waals surface area (Å²) < 4.78 is 6.86. The molecule has 6 nitrogen and oxygen atoms in total. The van der Waals surface area contributed by atoms with E-state index in [1.165, 1.54) is 4.68 Å². The number of anilines is 1.